The van der Waals surface area contributed by atoms with Gasteiger partial charge in [0.2, 0.25) is 5.91 Å². The van der Waals surface area contributed by atoms with Gasteiger partial charge in [-0.1, -0.05) is 42.0 Å². The Morgan fingerprint density at radius 3 is 2.51 bits per heavy atom. The van der Waals surface area contributed by atoms with Crippen molar-refractivity contribution in [2.45, 2.75) is 20.5 Å². The van der Waals surface area contributed by atoms with Crippen molar-refractivity contribution < 1.29 is 23.9 Å². The van der Waals surface area contributed by atoms with Crippen LogP contribution in [0.4, 0.5) is 10.5 Å². The Hall–Kier alpha value is -4.11. The summed E-state index contributed by atoms with van der Waals surface area (Å²) in [5.74, 6) is -0.102. The number of halogens is 1. The second kappa shape index (κ2) is 11.3. The monoisotopic (exact) mass is 563 g/mol. The Morgan fingerprint density at radius 1 is 1.05 bits per heavy atom. The molecule has 4 amide bonds. The molecule has 1 aliphatic heterocycles. The number of benzene rings is 3. The van der Waals surface area contributed by atoms with Gasteiger partial charge in [0, 0.05) is 5.69 Å². The molecule has 37 heavy (non-hydrogen) atoms. The number of nitrogens with zero attached hydrogens (tertiary/aromatic N) is 1. The topological polar surface area (TPSA) is 97.0 Å². The van der Waals surface area contributed by atoms with Crippen molar-refractivity contribution in [2.24, 2.45) is 0 Å². The molecule has 1 fully saturated rings. The van der Waals surface area contributed by atoms with Crippen molar-refractivity contribution in [2.75, 3.05) is 19.0 Å². The zero-order chi connectivity index (χ0) is 26.5. The van der Waals surface area contributed by atoms with Crippen LogP contribution in [0.5, 0.6) is 11.5 Å². The first-order valence-electron chi connectivity index (χ1n) is 11.5. The molecule has 190 valence electrons. The summed E-state index contributed by atoms with van der Waals surface area (Å²) < 4.78 is 12.1. The van der Waals surface area contributed by atoms with Gasteiger partial charge in [0.1, 0.15) is 18.8 Å². The molecule has 1 heterocycles. The number of aryl methyl sites for hydroxylation is 2. The van der Waals surface area contributed by atoms with Crippen LogP contribution in [0.1, 0.15) is 22.3 Å². The third kappa shape index (κ3) is 6.37. The molecule has 1 aliphatic rings. The highest BCUT2D eigenvalue weighted by Crippen LogP contribution is 2.38. The number of imide groups is 1. The first kappa shape index (κ1) is 26.0. The molecule has 0 bridgehead atoms. The third-order valence-electron chi connectivity index (χ3n) is 5.63. The molecule has 0 aromatic heterocycles. The van der Waals surface area contributed by atoms with Gasteiger partial charge in [-0.25, -0.2) is 9.69 Å². The van der Waals surface area contributed by atoms with E-state index in [9.17, 15) is 14.4 Å². The lowest BCUT2D eigenvalue weighted by Crippen LogP contribution is -2.38. The Bertz CT molecular complexity index is 1390. The largest absolute Gasteiger partial charge is 0.493 e. The second-order valence-corrected chi connectivity index (χ2v) is 9.46. The van der Waals surface area contributed by atoms with Crippen molar-refractivity contribution in [3.8, 4) is 11.5 Å². The van der Waals surface area contributed by atoms with Crippen molar-refractivity contribution >= 4 is 45.5 Å². The van der Waals surface area contributed by atoms with Gasteiger partial charge in [-0.2, -0.15) is 0 Å². The summed E-state index contributed by atoms with van der Waals surface area (Å²) in [6.07, 6.45) is 1.52. The lowest BCUT2D eigenvalue weighted by Gasteiger charge is -2.14. The van der Waals surface area contributed by atoms with Crippen LogP contribution >= 0.6 is 15.9 Å². The summed E-state index contributed by atoms with van der Waals surface area (Å²) in [7, 11) is 1.52. The number of rotatable bonds is 8. The predicted molar refractivity (Wildman–Crippen MR) is 144 cm³/mol. The van der Waals surface area contributed by atoms with Gasteiger partial charge in [0.15, 0.2) is 11.5 Å². The highest BCUT2D eigenvalue weighted by molar-refractivity contribution is 9.10. The second-order valence-electron chi connectivity index (χ2n) is 8.61. The summed E-state index contributed by atoms with van der Waals surface area (Å²) >= 11 is 3.51. The molecule has 8 nitrogen and oxygen atoms in total. The summed E-state index contributed by atoms with van der Waals surface area (Å²) in [4.78, 5) is 38.6. The van der Waals surface area contributed by atoms with Crippen LogP contribution in [-0.4, -0.2) is 36.4 Å². The average molecular weight is 564 g/mol. The van der Waals surface area contributed by atoms with Crippen molar-refractivity contribution in [1.29, 1.82) is 0 Å². The standard InChI is InChI=1S/C28H26BrN3O5/c1-17-7-9-19(10-8-17)16-37-26-22(29)12-20(14-24(26)36-3)13-23-27(34)32(28(35)31-23)15-25(33)30-21-6-4-5-18(2)11-21/h4-14H,15-16H2,1-3H3,(H,30,33)(H,31,35)/b23-13+. The van der Waals surface area contributed by atoms with E-state index in [1.807, 2.05) is 50.2 Å². The lowest BCUT2D eigenvalue weighted by molar-refractivity contribution is -0.127. The van der Waals surface area contributed by atoms with E-state index in [2.05, 4.69) is 26.6 Å². The van der Waals surface area contributed by atoms with E-state index in [1.165, 1.54) is 18.7 Å². The van der Waals surface area contributed by atoms with E-state index in [1.54, 1.807) is 24.3 Å². The molecule has 9 heteroatoms. The normalized spacial score (nSPS) is 14.1. The molecule has 3 aromatic carbocycles. The number of urea groups is 1. The van der Waals surface area contributed by atoms with Crippen LogP contribution in [0.2, 0.25) is 0 Å². The smallest absolute Gasteiger partial charge is 0.329 e. The van der Waals surface area contributed by atoms with E-state index in [4.69, 9.17) is 9.47 Å². The number of carbonyl (C=O) groups excluding carboxylic acids is 3. The minimum Gasteiger partial charge on any atom is -0.493 e. The first-order valence-corrected chi connectivity index (χ1v) is 12.3. The summed E-state index contributed by atoms with van der Waals surface area (Å²) in [6.45, 7) is 3.87. The van der Waals surface area contributed by atoms with Crippen molar-refractivity contribution in [3.05, 3.63) is 93.1 Å². The fraction of sp³-hybridized carbons (Fsp3) is 0.179. The zero-order valence-electron chi connectivity index (χ0n) is 20.6. The van der Waals surface area contributed by atoms with Gasteiger partial charge in [0.25, 0.3) is 5.91 Å². The molecule has 4 rings (SSSR count). The minimum absolute atomic E-state index is 0.0515. The van der Waals surface area contributed by atoms with E-state index >= 15 is 0 Å². The molecule has 1 saturated heterocycles. The van der Waals surface area contributed by atoms with Crippen LogP contribution < -0.4 is 20.1 Å². The Kier molecular flexibility index (Phi) is 7.93. The van der Waals surface area contributed by atoms with Gasteiger partial charge in [-0.05, 0) is 76.8 Å². The van der Waals surface area contributed by atoms with Gasteiger partial charge >= 0.3 is 6.03 Å². The Labute approximate surface area is 223 Å². The quantitative estimate of drug-likeness (QED) is 0.290. The van der Waals surface area contributed by atoms with Gasteiger partial charge in [0.05, 0.1) is 11.6 Å². The van der Waals surface area contributed by atoms with Crippen LogP contribution in [0.15, 0.2) is 70.8 Å². The number of anilines is 1. The fourth-order valence-corrected chi connectivity index (χ4v) is 4.33. The number of hydrogen-bond acceptors (Lipinski definition) is 5. The molecule has 0 unspecified atom stereocenters. The lowest BCUT2D eigenvalue weighted by atomic mass is 10.1. The third-order valence-corrected chi connectivity index (χ3v) is 6.22. The van der Waals surface area contributed by atoms with E-state index in [-0.39, 0.29) is 5.70 Å². The van der Waals surface area contributed by atoms with Gasteiger partial charge in [-0.3, -0.25) is 9.59 Å². The highest BCUT2D eigenvalue weighted by Gasteiger charge is 2.35. The van der Waals surface area contributed by atoms with Crippen molar-refractivity contribution in [3.63, 3.8) is 0 Å². The molecule has 0 aliphatic carbocycles. The predicted octanol–water partition coefficient (Wildman–Crippen LogP) is 5.18. The van der Waals surface area contributed by atoms with E-state index < -0.39 is 24.4 Å². The maximum absolute atomic E-state index is 12.9. The zero-order valence-corrected chi connectivity index (χ0v) is 22.2. The molecule has 0 saturated carbocycles. The number of nitrogens with one attached hydrogen (secondary N) is 2. The fourth-order valence-electron chi connectivity index (χ4n) is 3.75. The van der Waals surface area contributed by atoms with Crippen molar-refractivity contribution in [1.82, 2.24) is 10.2 Å². The molecule has 0 radical (unpaired) electrons. The van der Waals surface area contributed by atoms with Crippen LogP contribution in [-0.2, 0) is 16.2 Å². The van der Waals surface area contributed by atoms with Gasteiger partial charge < -0.3 is 20.1 Å². The molecular weight excluding hydrogens is 538 g/mol. The molecule has 0 atom stereocenters. The molecule has 2 N–H and O–H groups in total. The number of carbonyl (C=O) groups is 3. The maximum Gasteiger partial charge on any atom is 0.329 e. The summed E-state index contributed by atoms with van der Waals surface area (Å²) in [5, 5.41) is 5.24. The van der Waals surface area contributed by atoms with Crippen LogP contribution in [0.25, 0.3) is 6.08 Å². The average Bonchev–Trinajstić information content (AvgIpc) is 3.11. The van der Waals surface area contributed by atoms with Crippen LogP contribution in [0, 0.1) is 13.8 Å². The minimum atomic E-state index is -0.667. The van der Waals surface area contributed by atoms with Gasteiger partial charge in [-0.15, -0.1) is 0 Å². The summed E-state index contributed by atoms with van der Waals surface area (Å²) in [5.41, 5.74) is 4.40. The van der Waals surface area contributed by atoms with E-state index in [0.717, 1.165) is 16.0 Å². The Morgan fingerprint density at radius 2 is 1.81 bits per heavy atom. The molecule has 0 spiro atoms. The maximum atomic E-state index is 12.9. The SMILES string of the molecule is COc1cc(/C=C2/NC(=O)N(CC(=O)Nc3cccc(C)c3)C2=O)cc(Br)c1OCc1ccc(C)cc1. The van der Waals surface area contributed by atoms with E-state index in [0.29, 0.717) is 33.8 Å². The van der Waals surface area contributed by atoms with Crippen LogP contribution in [0.3, 0.4) is 0 Å². The molecular formula is C28H26BrN3O5. The number of hydrogen-bond donors (Lipinski definition) is 2. The highest BCUT2D eigenvalue weighted by atomic mass is 79.9. The molecule has 3 aromatic rings. The Balaban J connectivity index is 1.46. The number of amides is 4. The summed E-state index contributed by atoms with van der Waals surface area (Å²) in [6, 6.07) is 18.1. The number of ether oxygens (including phenoxy) is 2. The number of methoxy groups -OCH3 is 1. The first-order chi connectivity index (χ1) is 17.7.